The van der Waals surface area contributed by atoms with Crippen molar-refractivity contribution >= 4 is 17.3 Å². The van der Waals surface area contributed by atoms with Gasteiger partial charge in [-0.3, -0.25) is 4.99 Å². The molecule has 0 aromatic carbocycles. The average Bonchev–Trinajstić information content (AvgIpc) is 3.16. The lowest BCUT2D eigenvalue weighted by Gasteiger charge is -2.16. The fourth-order valence-corrected chi connectivity index (χ4v) is 3.02. The molecule has 0 amide bonds. The summed E-state index contributed by atoms with van der Waals surface area (Å²) in [6.45, 7) is 9.78. The van der Waals surface area contributed by atoms with Crippen LogP contribution in [-0.2, 0) is 12.8 Å². The van der Waals surface area contributed by atoms with E-state index >= 15 is 0 Å². The largest absolute Gasteiger partial charge is 0.464 e. The Bertz CT molecular complexity index is 632. The first-order valence-electron chi connectivity index (χ1n) is 8.17. The Morgan fingerprint density at radius 2 is 2.22 bits per heavy atom. The van der Waals surface area contributed by atoms with Gasteiger partial charge in [-0.15, -0.1) is 11.3 Å². The number of guanidine groups is 1. The molecule has 2 aromatic rings. The van der Waals surface area contributed by atoms with Crippen molar-refractivity contribution in [2.24, 2.45) is 4.99 Å². The van der Waals surface area contributed by atoms with Gasteiger partial charge in [0.2, 0.25) is 0 Å². The Labute approximate surface area is 142 Å². The number of aryl methyl sites for hydroxylation is 2. The summed E-state index contributed by atoms with van der Waals surface area (Å²) < 4.78 is 5.66. The van der Waals surface area contributed by atoms with Crippen LogP contribution < -0.4 is 10.6 Å². The molecule has 2 N–H and O–H groups in total. The van der Waals surface area contributed by atoms with E-state index in [0.717, 1.165) is 48.4 Å². The van der Waals surface area contributed by atoms with E-state index in [-0.39, 0.29) is 6.04 Å². The van der Waals surface area contributed by atoms with Crippen molar-refractivity contribution in [3.05, 3.63) is 39.7 Å². The summed E-state index contributed by atoms with van der Waals surface area (Å²) in [6, 6.07) is 4.05. The molecule has 126 valence electrons. The van der Waals surface area contributed by atoms with Gasteiger partial charge in [-0.25, -0.2) is 4.98 Å². The zero-order valence-electron chi connectivity index (χ0n) is 14.3. The third kappa shape index (κ3) is 5.39. The van der Waals surface area contributed by atoms with Crippen LogP contribution in [-0.4, -0.2) is 24.0 Å². The van der Waals surface area contributed by atoms with Crippen molar-refractivity contribution < 1.29 is 4.42 Å². The van der Waals surface area contributed by atoms with E-state index in [4.69, 9.17) is 4.42 Å². The Morgan fingerprint density at radius 1 is 1.39 bits per heavy atom. The Morgan fingerprint density at radius 3 is 2.83 bits per heavy atom. The van der Waals surface area contributed by atoms with Gasteiger partial charge in [0.15, 0.2) is 5.96 Å². The molecule has 5 nitrogen and oxygen atoms in total. The second-order valence-electron chi connectivity index (χ2n) is 5.40. The third-order valence-electron chi connectivity index (χ3n) is 3.43. The highest BCUT2D eigenvalue weighted by Gasteiger charge is 2.11. The van der Waals surface area contributed by atoms with Crippen LogP contribution in [0.15, 0.2) is 27.7 Å². The van der Waals surface area contributed by atoms with Crippen LogP contribution in [0.5, 0.6) is 0 Å². The zero-order valence-corrected chi connectivity index (χ0v) is 15.2. The molecule has 0 spiro atoms. The zero-order chi connectivity index (χ0) is 16.7. The Kier molecular flexibility index (Phi) is 6.65. The van der Waals surface area contributed by atoms with E-state index in [1.807, 2.05) is 25.3 Å². The molecule has 0 aliphatic carbocycles. The molecule has 6 heteroatoms. The van der Waals surface area contributed by atoms with Crippen molar-refractivity contribution in [2.75, 3.05) is 13.1 Å². The number of aliphatic imine (C=N–C) groups is 1. The molecule has 1 atom stereocenters. The fourth-order valence-electron chi connectivity index (χ4n) is 2.17. The lowest BCUT2D eigenvalue weighted by molar-refractivity contribution is 0.441. The van der Waals surface area contributed by atoms with Gasteiger partial charge in [0, 0.05) is 30.6 Å². The smallest absolute Gasteiger partial charge is 0.191 e. The van der Waals surface area contributed by atoms with E-state index in [2.05, 4.69) is 41.4 Å². The van der Waals surface area contributed by atoms with Crippen LogP contribution >= 0.6 is 11.3 Å². The summed E-state index contributed by atoms with van der Waals surface area (Å²) in [6.07, 6.45) is 3.88. The molecule has 2 aromatic heterocycles. The van der Waals surface area contributed by atoms with Gasteiger partial charge in [-0.1, -0.05) is 6.92 Å². The maximum Gasteiger partial charge on any atom is 0.191 e. The minimum absolute atomic E-state index is 0.0769. The first-order chi connectivity index (χ1) is 11.1. The lowest BCUT2D eigenvalue weighted by atomic mass is 10.2. The molecule has 0 radical (unpaired) electrons. The first-order valence-corrected chi connectivity index (χ1v) is 8.98. The maximum atomic E-state index is 5.66. The number of thiazole rings is 1. The van der Waals surface area contributed by atoms with Crippen LogP contribution in [0.2, 0.25) is 0 Å². The van der Waals surface area contributed by atoms with Gasteiger partial charge >= 0.3 is 0 Å². The number of furan rings is 1. The summed E-state index contributed by atoms with van der Waals surface area (Å²) in [5, 5.41) is 7.80. The van der Waals surface area contributed by atoms with E-state index in [9.17, 15) is 0 Å². The topological polar surface area (TPSA) is 62.5 Å². The van der Waals surface area contributed by atoms with Crippen LogP contribution in [0.4, 0.5) is 0 Å². The van der Waals surface area contributed by atoms with Gasteiger partial charge in [0.05, 0.1) is 11.0 Å². The molecular formula is C17H26N4OS. The molecule has 0 fully saturated rings. The number of rotatable bonds is 7. The fraction of sp³-hybridized carbons (Fsp3) is 0.529. The van der Waals surface area contributed by atoms with Crippen molar-refractivity contribution in [3.63, 3.8) is 0 Å². The van der Waals surface area contributed by atoms with Gasteiger partial charge < -0.3 is 15.1 Å². The van der Waals surface area contributed by atoms with Crippen LogP contribution in [0.3, 0.4) is 0 Å². The third-order valence-corrected chi connectivity index (χ3v) is 4.63. The predicted molar refractivity (Wildman–Crippen MR) is 96.2 cm³/mol. The van der Waals surface area contributed by atoms with Crippen LogP contribution in [0, 0.1) is 6.92 Å². The van der Waals surface area contributed by atoms with Gasteiger partial charge in [0.1, 0.15) is 11.5 Å². The molecule has 23 heavy (non-hydrogen) atoms. The summed E-state index contributed by atoms with van der Waals surface area (Å²) in [5.41, 5.74) is 0. The molecule has 0 saturated carbocycles. The van der Waals surface area contributed by atoms with Crippen molar-refractivity contribution in [1.82, 2.24) is 15.6 Å². The SMILES string of the molecule is CCNC(=NCCc1ncc(CC)s1)NC(C)c1ccc(C)o1. The van der Waals surface area contributed by atoms with Crippen LogP contribution in [0.25, 0.3) is 0 Å². The molecule has 0 aliphatic heterocycles. The highest BCUT2D eigenvalue weighted by molar-refractivity contribution is 7.11. The van der Waals surface area contributed by atoms with E-state index < -0.39 is 0 Å². The second-order valence-corrected chi connectivity index (χ2v) is 6.60. The number of nitrogens with one attached hydrogen (secondary N) is 2. The van der Waals surface area contributed by atoms with Crippen molar-refractivity contribution in [3.8, 4) is 0 Å². The van der Waals surface area contributed by atoms with Gasteiger partial charge in [-0.05, 0) is 39.3 Å². The summed E-state index contributed by atoms with van der Waals surface area (Å²) >= 11 is 1.78. The molecule has 1 unspecified atom stereocenters. The summed E-state index contributed by atoms with van der Waals surface area (Å²) in [7, 11) is 0. The normalized spacial score (nSPS) is 13.1. The molecular weight excluding hydrogens is 308 g/mol. The quantitative estimate of drug-likeness (QED) is 0.601. The standard InChI is InChI=1S/C17H26N4OS/c1-5-14-11-20-16(23-14)9-10-19-17(18-6-2)21-13(4)15-8-7-12(3)22-15/h7-8,11,13H,5-6,9-10H2,1-4H3,(H2,18,19,21). The molecule has 0 saturated heterocycles. The average molecular weight is 334 g/mol. The Hall–Kier alpha value is -1.82. The molecule has 2 rings (SSSR count). The lowest BCUT2D eigenvalue weighted by Crippen LogP contribution is -2.38. The number of hydrogen-bond acceptors (Lipinski definition) is 4. The molecule has 0 aliphatic rings. The number of aromatic nitrogens is 1. The minimum atomic E-state index is 0.0769. The van der Waals surface area contributed by atoms with Gasteiger partial charge in [-0.2, -0.15) is 0 Å². The first kappa shape index (κ1) is 17.5. The van der Waals surface area contributed by atoms with Crippen molar-refractivity contribution in [2.45, 2.75) is 46.6 Å². The van der Waals surface area contributed by atoms with E-state index in [1.165, 1.54) is 4.88 Å². The minimum Gasteiger partial charge on any atom is -0.464 e. The monoisotopic (exact) mass is 334 g/mol. The highest BCUT2D eigenvalue weighted by atomic mass is 32.1. The molecule has 2 heterocycles. The van der Waals surface area contributed by atoms with Crippen LogP contribution in [0.1, 0.15) is 48.2 Å². The highest BCUT2D eigenvalue weighted by Crippen LogP contribution is 2.16. The van der Waals surface area contributed by atoms with Crippen molar-refractivity contribution in [1.29, 1.82) is 0 Å². The summed E-state index contributed by atoms with van der Waals surface area (Å²) in [4.78, 5) is 10.4. The maximum absolute atomic E-state index is 5.66. The van der Waals surface area contributed by atoms with E-state index in [1.54, 1.807) is 11.3 Å². The molecule has 0 bridgehead atoms. The van der Waals surface area contributed by atoms with E-state index in [0.29, 0.717) is 0 Å². The van der Waals surface area contributed by atoms with Gasteiger partial charge in [0.25, 0.3) is 0 Å². The Balaban J connectivity index is 1.91. The number of hydrogen-bond donors (Lipinski definition) is 2. The second kappa shape index (κ2) is 8.72. The number of nitrogens with zero attached hydrogens (tertiary/aromatic N) is 2. The predicted octanol–water partition coefficient (Wildman–Crippen LogP) is 3.47. The summed E-state index contributed by atoms with van der Waals surface area (Å²) in [5.74, 6) is 2.65.